The number of nitrogens with two attached hydrogens (primary N) is 1. The number of hydrogen-bond acceptors (Lipinski definition) is 2. The Hall–Kier alpha value is -0.930. The average Bonchev–Trinajstić information content (AvgIpc) is 2.46. The molecule has 0 aliphatic carbocycles. The van der Waals surface area contributed by atoms with Crippen LogP contribution in [-0.2, 0) is 0 Å². The highest BCUT2D eigenvalue weighted by Gasteiger charge is 2.22. The van der Waals surface area contributed by atoms with E-state index >= 15 is 0 Å². The fraction of sp³-hybridized carbons (Fsp3) is 0.562. The lowest BCUT2D eigenvalue weighted by molar-refractivity contribution is 0.180. The molecule has 1 unspecified atom stereocenters. The molecular weight excluding hydrogens is 252 g/mol. The highest BCUT2D eigenvalue weighted by atomic mass is 32.1. The first-order valence-electron chi connectivity index (χ1n) is 7.27. The van der Waals surface area contributed by atoms with Crippen LogP contribution >= 0.6 is 12.2 Å². The molecule has 1 fully saturated rings. The highest BCUT2D eigenvalue weighted by Crippen LogP contribution is 2.23. The van der Waals surface area contributed by atoms with Crippen LogP contribution in [0.15, 0.2) is 30.3 Å². The Balaban J connectivity index is 1.97. The van der Waals surface area contributed by atoms with Crippen molar-refractivity contribution in [3.63, 3.8) is 0 Å². The van der Waals surface area contributed by atoms with Crippen molar-refractivity contribution in [3.8, 4) is 0 Å². The minimum absolute atomic E-state index is 0.189. The zero-order chi connectivity index (χ0) is 13.7. The lowest BCUT2D eigenvalue weighted by Gasteiger charge is -2.33. The summed E-state index contributed by atoms with van der Waals surface area (Å²) < 4.78 is 0. The van der Waals surface area contributed by atoms with Crippen molar-refractivity contribution in [3.05, 3.63) is 35.9 Å². The summed E-state index contributed by atoms with van der Waals surface area (Å²) in [7, 11) is 0. The number of nitrogens with zero attached hydrogens (tertiary/aromatic N) is 1. The zero-order valence-corrected chi connectivity index (χ0v) is 12.5. The zero-order valence-electron chi connectivity index (χ0n) is 11.7. The van der Waals surface area contributed by atoms with Gasteiger partial charge in [0.25, 0.3) is 0 Å². The molecule has 2 rings (SSSR count). The second-order valence-electron chi connectivity index (χ2n) is 5.52. The van der Waals surface area contributed by atoms with E-state index in [0.29, 0.717) is 4.99 Å². The van der Waals surface area contributed by atoms with Gasteiger partial charge in [-0.3, -0.25) is 0 Å². The lowest BCUT2D eigenvalue weighted by Crippen LogP contribution is -2.39. The van der Waals surface area contributed by atoms with E-state index in [0.717, 1.165) is 12.5 Å². The van der Waals surface area contributed by atoms with Crippen molar-refractivity contribution in [2.45, 2.75) is 32.1 Å². The topological polar surface area (TPSA) is 29.3 Å². The fourth-order valence-corrected chi connectivity index (χ4v) is 3.09. The third-order valence-corrected chi connectivity index (χ3v) is 4.56. The van der Waals surface area contributed by atoms with Crippen LogP contribution in [0.2, 0.25) is 0 Å². The third kappa shape index (κ3) is 4.02. The average molecular weight is 276 g/mol. The van der Waals surface area contributed by atoms with Crippen LogP contribution in [0.4, 0.5) is 0 Å². The van der Waals surface area contributed by atoms with Crippen molar-refractivity contribution < 1.29 is 0 Å². The minimum atomic E-state index is 0.189. The molecule has 104 valence electrons. The maximum absolute atomic E-state index is 5.94. The van der Waals surface area contributed by atoms with Crippen LogP contribution in [0.3, 0.4) is 0 Å². The molecule has 2 nitrogen and oxygen atoms in total. The van der Waals surface area contributed by atoms with Crippen LogP contribution in [0, 0.1) is 5.92 Å². The van der Waals surface area contributed by atoms with Gasteiger partial charge in [0.05, 0.1) is 4.99 Å². The minimum Gasteiger partial charge on any atom is -0.393 e. The molecule has 19 heavy (non-hydrogen) atoms. The van der Waals surface area contributed by atoms with Gasteiger partial charge >= 0.3 is 0 Å². The maximum Gasteiger partial charge on any atom is 0.0816 e. The van der Waals surface area contributed by atoms with Gasteiger partial charge in [0.2, 0.25) is 0 Å². The molecule has 0 bridgehead atoms. The molecule has 1 atom stereocenters. The molecule has 0 amide bonds. The first kappa shape index (κ1) is 14.5. The number of likely N-dealkylation sites (tertiary alicyclic amines) is 1. The monoisotopic (exact) mass is 276 g/mol. The highest BCUT2D eigenvalue weighted by molar-refractivity contribution is 7.80. The summed E-state index contributed by atoms with van der Waals surface area (Å²) in [5.41, 5.74) is 7.19. The molecule has 1 aliphatic rings. The largest absolute Gasteiger partial charge is 0.393 e. The molecule has 1 aliphatic heterocycles. The number of benzene rings is 1. The van der Waals surface area contributed by atoms with Crippen LogP contribution in [0.1, 0.15) is 37.7 Å². The van der Waals surface area contributed by atoms with Gasteiger partial charge in [-0.2, -0.15) is 0 Å². The lowest BCUT2D eigenvalue weighted by atomic mass is 9.92. The number of rotatable bonds is 5. The van der Waals surface area contributed by atoms with Crippen LogP contribution in [0.5, 0.6) is 0 Å². The second kappa shape index (κ2) is 7.01. The second-order valence-corrected chi connectivity index (χ2v) is 5.99. The van der Waals surface area contributed by atoms with E-state index in [1.54, 1.807) is 0 Å². The summed E-state index contributed by atoms with van der Waals surface area (Å²) in [5, 5.41) is 0. The first-order valence-corrected chi connectivity index (χ1v) is 7.68. The Morgan fingerprint density at radius 3 is 2.47 bits per heavy atom. The van der Waals surface area contributed by atoms with E-state index in [9.17, 15) is 0 Å². The van der Waals surface area contributed by atoms with E-state index < -0.39 is 0 Å². The Morgan fingerprint density at radius 2 is 1.95 bits per heavy atom. The van der Waals surface area contributed by atoms with Crippen molar-refractivity contribution in [2.24, 2.45) is 11.7 Å². The van der Waals surface area contributed by atoms with Crippen molar-refractivity contribution in [2.75, 3.05) is 19.6 Å². The summed E-state index contributed by atoms with van der Waals surface area (Å²) in [4.78, 5) is 3.13. The first-order chi connectivity index (χ1) is 9.20. The van der Waals surface area contributed by atoms with Crippen LogP contribution in [0.25, 0.3) is 0 Å². The van der Waals surface area contributed by atoms with Gasteiger partial charge in [-0.1, -0.05) is 55.9 Å². The Bertz CT molecular complexity index is 396. The Kier molecular flexibility index (Phi) is 5.34. The normalized spacial score (nSPS) is 19.2. The molecule has 0 aromatic heterocycles. The number of thiocarbonyl (C=S) groups is 1. The maximum atomic E-state index is 5.94. The van der Waals surface area contributed by atoms with Gasteiger partial charge < -0.3 is 10.6 Å². The summed E-state index contributed by atoms with van der Waals surface area (Å²) in [6, 6.07) is 10.4. The predicted octanol–water partition coefficient (Wildman–Crippen LogP) is 3.18. The van der Waals surface area contributed by atoms with Gasteiger partial charge in [-0.25, -0.2) is 0 Å². The van der Waals surface area contributed by atoms with Crippen molar-refractivity contribution >= 4 is 17.2 Å². The smallest absolute Gasteiger partial charge is 0.0816 e. The summed E-state index contributed by atoms with van der Waals surface area (Å²) >= 11 is 5.26. The molecule has 3 heteroatoms. The summed E-state index contributed by atoms with van der Waals surface area (Å²) in [6.45, 7) is 5.63. The molecule has 0 saturated carbocycles. The SMILES string of the molecule is CCC1CCN(CC(C(N)=S)c2ccccc2)CC1. The van der Waals surface area contributed by atoms with Crippen LogP contribution < -0.4 is 5.73 Å². The van der Waals surface area contributed by atoms with Crippen LogP contribution in [-0.4, -0.2) is 29.5 Å². The van der Waals surface area contributed by atoms with Crippen molar-refractivity contribution in [1.82, 2.24) is 4.90 Å². The van der Waals surface area contributed by atoms with E-state index in [2.05, 4.69) is 36.1 Å². The molecular formula is C16H24N2S. The Morgan fingerprint density at radius 1 is 1.32 bits per heavy atom. The van der Waals surface area contributed by atoms with E-state index in [4.69, 9.17) is 18.0 Å². The van der Waals surface area contributed by atoms with Gasteiger partial charge in [0.15, 0.2) is 0 Å². The predicted molar refractivity (Wildman–Crippen MR) is 85.4 cm³/mol. The van der Waals surface area contributed by atoms with E-state index in [-0.39, 0.29) is 5.92 Å². The van der Waals surface area contributed by atoms with E-state index in [1.165, 1.54) is 37.9 Å². The van der Waals surface area contributed by atoms with Gasteiger partial charge in [-0.05, 0) is 37.4 Å². The number of piperidine rings is 1. The quantitative estimate of drug-likeness (QED) is 0.838. The molecule has 2 N–H and O–H groups in total. The molecule has 1 aromatic carbocycles. The summed E-state index contributed by atoms with van der Waals surface area (Å²) in [5.74, 6) is 1.10. The number of hydrogen-bond donors (Lipinski definition) is 1. The fourth-order valence-electron chi connectivity index (χ4n) is 2.88. The van der Waals surface area contributed by atoms with Gasteiger partial charge in [-0.15, -0.1) is 0 Å². The van der Waals surface area contributed by atoms with Gasteiger partial charge in [0, 0.05) is 12.5 Å². The third-order valence-electron chi connectivity index (χ3n) is 4.27. The molecule has 0 radical (unpaired) electrons. The van der Waals surface area contributed by atoms with E-state index in [1.807, 2.05) is 6.07 Å². The van der Waals surface area contributed by atoms with Gasteiger partial charge in [0.1, 0.15) is 0 Å². The molecule has 1 aromatic rings. The van der Waals surface area contributed by atoms with Crippen molar-refractivity contribution in [1.29, 1.82) is 0 Å². The molecule has 1 saturated heterocycles. The summed E-state index contributed by atoms with van der Waals surface area (Å²) in [6.07, 6.45) is 3.94. The molecule has 0 spiro atoms. The Labute approximate surface area is 122 Å². The molecule has 1 heterocycles. The standard InChI is InChI=1S/C16H24N2S/c1-2-13-8-10-18(11-9-13)12-15(16(17)19)14-6-4-3-5-7-14/h3-7,13,15H,2,8-12H2,1H3,(H2,17,19).